The van der Waals surface area contributed by atoms with Crippen LogP contribution in [0, 0.1) is 11.8 Å². The van der Waals surface area contributed by atoms with E-state index in [-0.39, 0.29) is 11.7 Å². The van der Waals surface area contributed by atoms with Crippen LogP contribution in [0.3, 0.4) is 0 Å². The van der Waals surface area contributed by atoms with Crippen molar-refractivity contribution in [3.63, 3.8) is 0 Å². The van der Waals surface area contributed by atoms with Gasteiger partial charge >= 0.3 is 5.97 Å². The molecule has 2 unspecified atom stereocenters. The number of amides is 1. The first-order valence-electron chi connectivity index (χ1n) is 5.97. The molecule has 1 aromatic carbocycles. The van der Waals surface area contributed by atoms with Gasteiger partial charge in [-0.3, -0.25) is 14.4 Å². The molecular formula is C14H17NO4. The molecule has 19 heavy (non-hydrogen) atoms. The third-order valence-corrected chi connectivity index (χ3v) is 3.11. The minimum atomic E-state index is -1.01. The Morgan fingerprint density at radius 1 is 1.05 bits per heavy atom. The Morgan fingerprint density at radius 3 is 2.00 bits per heavy atom. The normalized spacial score (nSPS) is 13.4. The molecule has 1 aromatic rings. The van der Waals surface area contributed by atoms with Crippen LogP contribution in [0.25, 0.3) is 0 Å². The Balaban J connectivity index is 2.71. The lowest BCUT2D eigenvalue weighted by atomic mass is 9.95. The van der Waals surface area contributed by atoms with E-state index < -0.39 is 17.8 Å². The monoisotopic (exact) mass is 263 g/mol. The third-order valence-electron chi connectivity index (χ3n) is 3.11. The number of ketones is 1. The van der Waals surface area contributed by atoms with Crippen molar-refractivity contribution < 1.29 is 19.5 Å². The lowest BCUT2D eigenvalue weighted by Gasteiger charge is -2.15. The third kappa shape index (κ3) is 3.91. The maximum absolute atomic E-state index is 11.8. The number of hydrogen-bond donors (Lipinski definition) is 2. The highest BCUT2D eigenvalue weighted by Crippen LogP contribution is 2.16. The molecule has 1 amide bonds. The first-order chi connectivity index (χ1) is 8.82. The average molecular weight is 263 g/mol. The van der Waals surface area contributed by atoms with Crippen LogP contribution in [0.1, 0.15) is 31.1 Å². The van der Waals surface area contributed by atoms with Crippen LogP contribution >= 0.6 is 0 Å². The number of Topliss-reactive ketones (excluding diaryl/α,β-unsaturated/α-hetero) is 1. The average Bonchev–Trinajstić information content (AvgIpc) is 2.37. The summed E-state index contributed by atoms with van der Waals surface area (Å²) in [5.74, 6) is -2.80. The highest BCUT2D eigenvalue weighted by Gasteiger charge is 2.25. The molecule has 0 aliphatic rings. The number of carboxylic acid groups (broad SMARTS) is 1. The van der Waals surface area contributed by atoms with E-state index in [9.17, 15) is 14.4 Å². The maximum atomic E-state index is 11.8. The van der Waals surface area contributed by atoms with Crippen molar-refractivity contribution in [2.24, 2.45) is 11.8 Å². The van der Waals surface area contributed by atoms with Crippen molar-refractivity contribution in [3.05, 3.63) is 29.8 Å². The number of aliphatic carboxylic acids is 1. The number of carbonyl (C=O) groups is 3. The number of carboxylic acids is 1. The smallest absolute Gasteiger partial charge is 0.307 e. The SMILES string of the molecule is CC(=O)c1ccc(NC(=O)C(C)C(C)C(=O)O)cc1. The highest BCUT2D eigenvalue weighted by atomic mass is 16.4. The fourth-order valence-electron chi connectivity index (χ4n) is 1.49. The van der Waals surface area contributed by atoms with Crippen molar-refractivity contribution in [2.45, 2.75) is 20.8 Å². The number of hydrogen-bond acceptors (Lipinski definition) is 3. The predicted octanol–water partition coefficient (Wildman–Crippen LogP) is 2.18. The standard InChI is InChI=1S/C14H17NO4/c1-8(9(2)14(18)19)13(17)15-12-6-4-11(5-7-12)10(3)16/h4-9H,1-3H3,(H,15,17)(H,18,19). The Hall–Kier alpha value is -2.17. The first kappa shape index (κ1) is 14.9. The molecule has 2 N–H and O–H groups in total. The van der Waals surface area contributed by atoms with Crippen molar-refractivity contribution in [2.75, 3.05) is 5.32 Å². The van der Waals surface area contributed by atoms with Gasteiger partial charge in [0.15, 0.2) is 5.78 Å². The lowest BCUT2D eigenvalue weighted by molar-refractivity contribution is -0.145. The van der Waals surface area contributed by atoms with Crippen molar-refractivity contribution >= 4 is 23.3 Å². The Kier molecular flexibility index (Phi) is 4.80. The van der Waals surface area contributed by atoms with Crippen molar-refractivity contribution in [3.8, 4) is 0 Å². The van der Waals surface area contributed by atoms with Gasteiger partial charge in [-0.05, 0) is 31.2 Å². The van der Waals surface area contributed by atoms with Gasteiger partial charge in [0.1, 0.15) is 0 Å². The van der Waals surface area contributed by atoms with Crippen LogP contribution in [0.2, 0.25) is 0 Å². The van der Waals surface area contributed by atoms with Gasteiger partial charge in [0.25, 0.3) is 0 Å². The fourth-order valence-corrected chi connectivity index (χ4v) is 1.49. The van der Waals surface area contributed by atoms with Crippen LogP contribution < -0.4 is 5.32 Å². The second-order valence-corrected chi connectivity index (χ2v) is 4.54. The molecule has 5 nitrogen and oxygen atoms in total. The number of carbonyl (C=O) groups excluding carboxylic acids is 2. The first-order valence-corrected chi connectivity index (χ1v) is 5.97. The van der Waals surface area contributed by atoms with E-state index >= 15 is 0 Å². The van der Waals surface area contributed by atoms with Gasteiger partial charge in [0.2, 0.25) is 5.91 Å². The van der Waals surface area contributed by atoms with Crippen LogP contribution in [0.5, 0.6) is 0 Å². The van der Waals surface area contributed by atoms with Crippen LogP contribution in [-0.2, 0) is 9.59 Å². The van der Waals surface area contributed by atoms with Crippen LogP contribution in [0.4, 0.5) is 5.69 Å². The van der Waals surface area contributed by atoms with Gasteiger partial charge in [-0.25, -0.2) is 0 Å². The Morgan fingerprint density at radius 2 is 1.58 bits per heavy atom. The summed E-state index contributed by atoms with van der Waals surface area (Å²) in [4.78, 5) is 33.7. The van der Waals surface area contributed by atoms with E-state index in [1.54, 1.807) is 31.2 Å². The lowest BCUT2D eigenvalue weighted by Crippen LogP contribution is -2.29. The van der Waals surface area contributed by atoms with Gasteiger partial charge in [-0.15, -0.1) is 0 Å². The fraction of sp³-hybridized carbons (Fsp3) is 0.357. The molecule has 0 saturated carbocycles. The summed E-state index contributed by atoms with van der Waals surface area (Å²) in [7, 11) is 0. The second kappa shape index (κ2) is 6.13. The molecule has 0 radical (unpaired) electrons. The molecule has 0 aromatic heterocycles. The zero-order valence-corrected chi connectivity index (χ0v) is 11.1. The Labute approximate surface area is 111 Å². The summed E-state index contributed by atoms with van der Waals surface area (Å²) >= 11 is 0. The second-order valence-electron chi connectivity index (χ2n) is 4.54. The maximum Gasteiger partial charge on any atom is 0.307 e. The zero-order valence-electron chi connectivity index (χ0n) is 11.1. The molecule has 0 fully saturated rings. The van der Waals surface area contributed by atoms with Gasteiger partial charge in [-0.2, -0.15) is 0 Å². The molecule has 0 saturated heterocycles. The van der Waals surface area contributed by atoms with Gasteiger partial charge in [-0.1, -0.05) is 13.8 Å². The summed E-state index contributed by atoms with van der Waals surface area (Å²) in [5, 5.41) is 11.5. The summed E-state index contributed by atoms with van der Waals surface area (Å²) in [6.07, 6.45) is 0. The van der Waals surface area contributed by atoms with E-state index in [4.69, 9.17) is 5.11 Å². The molecule has 5 heteroatoms. The minimum absolute atomic E-state index is 0.0502. The van der Waals surface area contributed by atoms with E-state index in [0.29, 0.717) is 11.3 Å². The van der Waals surface area contributed by atoms with E-state index in [0.717, 1.165) is 0 Å². The molecule has 0 aliphatic heterocycles. The summed E-state index contributed by atoms with van der Waals surface area (Å²) in [6, 6.07) is 6.46. The molecule has 102 valence electrons. The molecule has 0 aliphatic carbocycles. The zero-order chi connectivity index (χ0) is 14.6. The summed E-state index contributed by atoms with van der Waals surface area (Å²) in [5.41, 5.74) is 1.10. The van der Waals surface area contributed by atoms with Crippen molar-refractivity contribution in [1.82, 2.24) is 0 Å². The molecule has 0 bridgehead atoms. The molecule has 0 heterocycles. The number of nitrogens with one attached hydrogen (secondary N) is 1. The predicted molar refractivity (Wildman–Crippen MR) is 71.0 cm³/mol. The quantitative estimate of drug-likeness (QED) is 0.797. The van der Waals surface area contributed by atoms with Crippen LogP contribution in [-0.4, -0.2) is 22.8 Å². The van der Waals surface area contributed by atoms with E-state index in [1.165, 1.54) is 13.8 Å². The number of anilines is 1. The topological polar surface area (TPSA) is 83.5 Å². The van der Waals surface area contributed by atoms with E-state index in [2.05, 4.69) is 5.32 Å². The summed E-state index contributed by atoms with van der Waals surface area (Å²) in [6.45, 7) is 4.52. The van der Waals surface area contributed by atoms with Crippen molar-refractivity contribution in [1.29, 1.82) is 0 Å². The van der Waals surface area contributed by atoms with Gasteiger partial charge < -0.3 is 10.4 Å². The Bertz CT molecular complexity index is 493. The van der Waals surface area contributed by atoms with E-state index in [1.807, 2.05) is 0 Å². The number of benzene rings is 1. The highest BCUT2D eigenvalue weighted by molar-refractivity contribution is 5.97. The van der Waals surface area contributed by atoms with Gasteiger partial charge in [0, 0.05) is 17.2 Å². The molecule has 0 spiro atoms. The summed E-state index contributed by atoms with van der Waals surface area (Å²) < 4.78 is 0. The van der Waals surface area contributed by atoms with Gasteiger partial charge in [0.05, 0.1) is 5.92 Å². The van der Waals surface area contributed by atoms with Crippen LogP contribution in [0.15, 0.2) is 24.3 Å². The molecular weight excluding hydrogens is 246 g/mol. The minimum Gasteiger partial charge on any atom is -0.481 e. The molecule has 1 rings (SSSR count). The largest absolute Gasteiger partial charge is 0.481 e. The molecule has 2 atom stereocenters. The number of rotatable bonds is 5.